The van der Waals surface area contributed by atoms with E-state index in [2.05, 4.69) is 65.8 Å². The van der Waals surface area contributed by atoms with Gasteiger partial charge in [0.2, 0.25) is 0 Å². The number of benzene rings is 6. The smallest absolute Gasteiger partial charge is 0.139 e. The average molecular weight is 646 g/mol. The fraction of sp³-hybridized carbons (Fsp3) is 0.234. The second-order valence-electron chi connectivity index (χ2n) is 15.8. The molecule has 0 unspecified atom stereocenters. The molecule has 0 amide bonds. The van der Waals surface area contributed by atoms with Crippen molar-refractivity contribution in [3.63, 3.8) is 0 Å². The first-order chi connectivity index (χ1) is 25.8. The SMILES string of the molecule is [2H]c1cc2c(c([2H])c1[2H])C(C)(C)c1c([2H])c(N(c3ccc(-c4ccccc4)cc3)c3cccc4oc5c(C(C)(C)C)cc(C(C)(C)C)cc5c34)c([2H])c([2H])c1-2. The number of nitrogens with zero attached hydrogens (tertiary/aromatic N) is 1. The molecule has 244 valence electrons. The van der Waals surface area contributed by atoms with Crippen LogP contribution in [-0.2, 0) is 16.2 Å². The molecule has 2 heteroatoms. The fourth-order valence-electron chi connectivity index (χ4n) is 7.25. The minimum absolute atomic E-state index is 0.0670. The predicted octanol–water partition coefficient (Wildman–Crippen LogP) is 13.6. The lowest BCUT2D eigenvalue weighted by Crippen LogP contribution is -2.17. The fourth-order valence-corrected chi connectivity index (χ4v) is 7.25. The van der Waals surface area contributed by atoms with Crippen LogP contribution in [0.25, 0.3) is 44.2 Å². The van der Waals surface area contributed by atoms with Crippen LogP contribution in [0.5, 0.6) is 0 Å². The van der Waals surface area contributed by atoms with E-state index in [0.717, 1.165) is 33.0 Å². The number of furan rings is 1. The van der Waals surface area contributed by atoms with Crippen LogP contribution in [0.2, 0.25) is 0 Å². The molecule has 0 fully saturated rings. The van der Waals surface area contributed by atoms with Crippen molar-refractivity contribution in [3.8, 4) is 22.3 Å². The Morgan fingerprint density at radius 2 is 1.39 bits per heavy atom. The number of hydrogen-bond acceptors (Lipinski definition) is 2. The molecule has 7 aromatic rings. The van der Waals surface area contributed by atoms with Crippen LogP contribution in [-0.4, -0.2) is 0 Å². The summed E-state index contributed by atoms with van der Waals surface area (Å²) in [5.41, 5.74) is 8.05. The molecule has 1 aliphatic carbocycles. The number of anilines is 3. The monoisotopic (exact) mass is 645 g/mol. The molecule has 0 saturated carbocycles. The van der Waals surface area contributed by atoms with Gasteiger partial charge in [0, 0.05) is 27.7 Å². The molecule has 1 aromatic heterocycles. The van der Waals surface area contributed by atoms with Gasteiger partial charge in [-0.05, 0) is 92.2 Å². The summed E-state index contributed by atoms with van der Waals surface area (Å²) in [4.78, 5) is 1.93. The van der Waals surface area contributed by atoms with Crippen LogP contribution in [0, 0.1) is 0 Å². The van der Waals surface area contributed by atoms with Crippen molar-refractivity contribution in [1.82, 2.24) is 0 Å². The molecule has 49 heavy (non-hydrogen) atoms. The van der Waals surface area contributed by atoms with E-state index in [-0.39, 0.29) is 52.8 Å². The van der Waals surface area contributed by atoms with E-state index in [1.807, 2.05) is 79.4 Å². The van der Waals surface area contributed by atoms with Gasteiger partial charge < -0.3 is 9.32 Å². The Morgan fingerprint density at radius 1 is 0.653 bits per heavy atom. The molecular formula is C47H45NO. The molecule has 2 nitrogen and oxygen atoms in total. The van der Waals surface area contributed by atoms with Crippen LogP contribution in [0.1, 0.15) is 85.9 Å². The number of rotatable bonds is 4. The van der Waals surface area contributed by atoms with E-state index in [1.165, 1.54) is 11.6 Å². The van der Waals surface area contributed by atoms with Crippen LogP contribution >= 0.6 is 0 Å². The lowest BCUT2D eigenvalue weighted by Gasteiger charge is -2.29. The topological polar surface area (TPSA) is 16.4 Å². The standard InChI is InChI=1S/C47H45NO/c1-45(2,3)32-27-37-43-41(19-14-20-42(43)49-44(37)40(28-32)46(4,5)6)48(33-23-21-31(22-24-33)30-15-10-9-11-16-30)34-25-26-36-35-17-12-13-18-38(35)47(7,8)39(36)29-34/h9-29H,1-8H3/i12D,13D,18D,25D,26D,29D. The second kappa shape index (κ2) is 11.0. The van der Waals surface area contributed by atoms with E-state index in [0.29, 0.717) is 39.2 Å². The van der Waals surface area contributed by atoms with Crippen molar-refractivity contribution in [3.05, 3.63) is 150 Å². The maximum Gasteiger partial charge on any atom is 0.139 e. The highest BCUT2D eigenvalue weighted by atomic mass is 16.3. The zero-order chi connectivity index (χ0) is 39.5. The van der Waals surface area contributed by atoms with E-state index < -0.39 is 5.41 Å². The van der Waals surface area contributed by atoms with E-state index in [4.69, 9.17) is 8.53 Å². The summed E-state index contributed by atoms with van der Waals surface area (Å²) in [5, 5.41) is 1.79. The summed E-state index contributed by atoms with van der Waals surface area (Å²) in [5.74, 6) is 0. The first-order valence-electron chi connectivity index (χ1n) is 20.0. The first kappa shape index (κ1) is 25.0. The Morgan fingerprint density at radius 3 is 2.10 bits per heavy atom. The quantitative estimate of drug-likeness (QED) is 0.189. The van der Waals surface area contributed by atoms with Crippen molar-refractivity contribution in [2.45, 2.75) is 71.6 Å². The first-order valence-corrected chi connectivity index (χ1v) is 17.0. The van der Waals surface area contributed by atoms with Crippen LogP contribution < -0.4 is 4.90 Å². The molecule has 8 rings (SSSR count). The van der Waals surface area contributed by atoms with E-state index in [1.54, 1.807) is 0 Å². The molecule has 6 aromatic carbocycles. The number of fused-ring (bicyclic) bond motifs is 6. The van der Waals surface area contributed by atoms with Gasteiger partial charge in [0.25, 0.3) is 0 Å². The van der Waals surface area contributed by atoms with Gasteiger partial charge in [0.05, 0.1) is 19.3 Å². The average Bonchev–Trinajstić information content (AvgIpc) is 3.62. The third-order valence-corrected chi connectivity index (χ3v) is 10.0. The molecule has 0 aliphatic heterocycles. The van der Waals surface area contributed by atoms with Crippen molar-refractivity contribution in [2.24, 2.45) is 0 Å². The maximum absolute atomic E-state index is 10.0. The highest BCUT2D eigenvalue weighted by molar-refractivity contribution is 6.14. The van der Waals surface area contributed by atoms with Gasteiger partial charge in [0.1, 0.15) is 11.2 Å². The zero-order valence-electron chi connectivity index (χ0n) is 35.5. The van der Waals surface area contributed by atoms with Gasteiger partial charge in [-0.2, -0.15) is 0 Å². The predicted molar refractivity (Wildman–Crippen MR) is 209 cm³/mol. The third-order valence-electron chi connectivity index (χ3n) is 10.0. The molecule has 1 heterocycles. The minimum Gasteiger partial charge on any atom is -0.456 e. The molecule has 0 atom stereocenters. The van der Waals surface area contributed by atoms with Crippen molar-refractivity contribution >= 4 is 39.0 Å². The molecule has 1 aliphatic rings. The summed E-state index contributed by atoms with van der Waals surface area (Å²) >= 11 is 0. The van der Waals surface area contributed by atoms with Crippen LogP contribution in [0.15, 0.2) is 132 Å². The molecule has 0 spiro atoms. The van der Waals surface area contributed by atoms with Gasteiger partial charge in [-0.25, -0.2) is 0 Å². The molecular weight excluding hydrogens is 595 g/mol. The summed E-state index contributed by atoms with van der Waals surface area (Å²) in [6.45, 7) is 17.0. The van der Waals surface area contributed by atoms with Crippen molar-refractivity contribution < 1.29 is 12.6 Å². The maximum atomic E-state index is 10.0. The Kier molecular flexibility index (Phi) is 5.59. The van der Waals surface area contributed by atoms with Crippen molar-refractivity contribution in [1.29, 1.82) is 0 Å². The highest BCUT2D eigenvalue weighted by Gasteiger charge is 2.36. The molecule has 0 saturated heterocycles. The lowest BCUT2D eigenvalue weighted by molar-refractivity contribution is 0.559. The summed E-state index contributed by atoms with van der Waals surface area (Å²) in [6, 6.07) is 29.6. The largest absolute Gasteiger partial charge is 0.456 e. The van der Waals surface area contributed by atoms with Crippen LogP contribution in [0.3, 0.4) is 0 Å². The van der Waals surface area contributed by atoms with Crippen molar-refractivity contribution in [2.75, 3.05) is 4.90 Å². The Balaban J connectivity index is 1.48. The van der Waals surface area contributed by atoms with Gasteiger partial charge in [-0.3, -0.25) is 0 Å². The Hall–Kier alpha value is -5.08. The van der Waals surface area contributed by atoms with Gasteiger partial charge in [-0.1, -0.05) is 140 Å². The molecule has 0 radical (unpaired) electrons. The highest BCUT2D eigenvalue weighted by Crippen LogP contribution is 2.52. The summed E-state index contributed by atoms with van der Waals surface area (Å²) in [6.07, 6.45) is 0. The van der Waals surface area contributed by atoms with Gasteiger partial charge in [0.15, 0.2) is 0 Å². The molecule has 0 bridgehead atoms. The lowest BCUT2D eigenvalue weighted by atomic mass is 9.79. The van der Waals surface area contributed by atoms with Gasteiger partial charge >= 0.3 is 0 Å². The normalized spacial score (nSPS) is 15.6. The summed E-state index contributed by atoms with van der Waals surface area (Å²) in [7, 11) is 0. The Labute approximate surface area is 299 Å². The van der Waals surface area contributed by atoms with E-state index in [9.17, 15) is 4.11 Å². The number of hydrogen-bond donors (Lipinski definition) is 0. The van der Waals surface area contributed by atoms with Crippen LogP contribution in [0.4, 0.5) is 17.1 Å². The Bertz CT molecular complexity index is 2700. The minimum atomic E-state index is -0.943. The summed E-state index contributed by atoms with van der Waals surface area (Å²) < 4.78 is 61.9. The van der Waals surface area contributed by atoms with E-state index >= 15 is 0 Å². The second-order valence-corrected chi connectivity index (χ2v) is 15.8. The third kappa shape index (κ3) is 5.08. The zero-order valence-corrected chi connectivity index (χ0v) is 29.5. The molecule has 0 N–H and O–H groups in total. The van der Waals surface area contributed by atoms with Gasteiger partial charge in [-0.15, -0.1) is 0 Å².